The van der Waals surface area contributed by atoms with Crippen LogP contribution in [-0.4, -0.2) is 28.2 Å². The fourth-order valence-corrected chi connectivity index (χ4v) is 0. The zero-order valence-electron chi connectivity index (χ0n) is 2.87. The minimum absolute atomic E-state index is 0. The van der Waals surface area contributed by atoms with E-state index in [0.717, 1.165) is 0 Å². The average molecular weight is 235 g/mol. The molecule has 0 saturated carbocycles. The molecule has 6 heavy (non-hydrogen) atoms. The van der Waals surface area contributed by atoms with Gasteiger partial charge in [0.2, 0.25) is 0 Å². The first kappa shape index (κ1) is 10.3. The molecular weight excluding hydrogens is 231 g/mol. The van der Waals surface area contributed by atoms with E-state index in [1.165, 1.54) is 0 Å². The van der Waals surface area contributed by atoms with Gasteiger partial charge in [0.1, 0.15) is 0 Å². The van der Waals surface area contributed by atoms with Crippen molar-refractivity contribution in [3.8, 4) is 0 Å². The van der Waals surface area contributed by atoms with Crippen LogP contribution >= 0.6 is 0 Å². The molecule has 35 valence electrons. The van der Waals surface area contributed by atoms with Crippen LogP contribution in [0, 0.1) is 35.6 Å². The van der Waals surface area contributed by atoms with Gasteiger partial charge in [-0.25, -0.2) is 0 Å². The smallest absolute Gasteiger partial charge is 0.368 e. The van der Waals surface area contributed by atoms with Crippen LogP contribution in [0.4, 0.5) is 0 Å². The van der Waals surface area contributed by atoms with Gasteiger partial charge < -0.3 is 19.2 Å². The Morgan fingerprint density at radius 2 is 0.833 bits per heavy atom. The Kier molecular flexibility index (Phi) is 5.62. The van der Waals surface area contributed by atoms with Crippen molar-refractivity contribution < 1.29 is 54.8 Å². The van der Waals surface area contributed by atoms with E-state index < -0.39 is 9.05 Å². The van der Waals surface area contributed by atoms with Gasteiger partial charge >= 0.3 is 9.05 Å². The Morgan fingerprint density at radius 1 is 0.833 bits per heavy atom. The van der Waals surface area contributed by atoms with Gasteiger partial charge in [-0.2, -0.15) is 0 Å². The standard InChI is InChI=1S/La.H4O4Si/c;1-5(2,3)4/h;1-4H. The summed E-state index contributed by atoms with van der Waals surface area (Å²) in [5.41, 5.74) is 0. The van der Waals surface area contributed by atoms with E-state index in [2.05, 4.69) is 0 Å². The molecular formula is H4LaO4Si. The van der Waals surface area contributed by atoms with Gasteiger partial charge in [-0.05, 0) is 0 Å². The van der Waals surface area contributed by atoms with E-state index in [-0.39, 0.29) is 35.6 Å². The van der Waals surface area contributed by atoms with Crippen molar-refractivity contribution in [2.45, 2.75) is 0 Å². The fourth-order valence-electron chi connectivity index (χ4n) is 0. The minimum atomic E-state index is -4.61. The van der Waals surface area contributed by atoms with Crippen molar-refractivity contribution in [2.75, 3.05) is 0 Å². The maximum atomic E-state index is 7.33. The number of rotatable bonds is 0. The molecule has 0 aliphatic heterocycles. The molecule has 0 unspecified atom stereocenters. The second kappa shape index (κ2) is 3.28. The van der Waals surface area contributed by atoms with Crippen LogP contribution in [0.1, 0.15) is 0 Å². The molecule has 4 nitrogen and oxygen atoms in total. The second-order valence-corrected chi connectivity index (χ2v) is 1.80. The largest absolute Gasteiger partial charge is 0.668 e. The zero-order chi connectivity index (χ0) is 4.50. The Balaban J connectivity index is 0. The zero-order valence-corrected chi connectivity index (χ0v) is 7.49. The topological polar surface area (TPSA) is 80.9 Å². The van der Waals surface area contributed by atoms with Gasteiger partial charge in [-0.15, -0.1) is 0 Å². The molecule has 6 heteroatoms. The van der Waals surface area contributed by atoms with Crippen molar-refractivity contribution in [3.63, 3.8) is 0 Å². The first-order valence-corrected chi connectivity index (χ1v) is 2.68. The average Bonchev–Trinajstić information content (AvgIpc) is 0.722. The third-order valence-corrected chi connectivity index (χ3v) is 0. The Labute approximate surface area is 63.5 Å². The molecule has 0 aliphatic rings. The van der Waals surface area contributed by atoms with Crippen LogP contribution in [0.3, 0.4) is 0 Å². The predicted octanol–water partition coefficient (Wildman–Crippen LogP) is -2.61. The van der Waals surface area contributed by atoms with Gasteiger partial charge in [-0.1, -0.05) is 0 Å². The Morgan fingerprint density at radius 3 is 0.833 bits per heavy atom. The first-order valence-electron chi connectivity index (χ1n) is 0.894. The summed E-state index contributed by atoms with van der Waals surface area (Å²) in [6, 6.07) is 0. The normalized spacial score (nSPS) is 10.0. The van der Waals surface area contributed by atoms with Gasteiger partial charge in [0, 0.05) is 35.6 Å². The quantitative estimate of drug-likeness (QED) is 0.347. The maximum absolute atomic E-state index is 7.33. The van der Waals surface area contributed by atoms with Crippen LogP contribution < -0.4 is 0 Å². The van der Waals surface area contributed by atoms with Crippen LogP contribution in [0.25, 0.3) is 0 Å². The molecule has 0 amide bonds. The summed E-state index contributed by atoms with van der Waals surface area (Å²) in [6.45, 7) is 0. The minimum Gasteiger partial charge on any atom is -0.368 e. The maximum Gasteiger partial charge on any atom is 0.668 e. The predicted molar refractivity (Wildman–Crippen MR) is 14.6 cm³/mol. The molecule has 4 N–H and O–H groups in total. The molecule has 0 rings (SSSR count). The van der Waals surface area contributed by atoms with Crippen LogP contribution in [0.5, 0.6) is 0 Å². The van der Waals surface area contributed by atoms with Crippen LogP contribution in [0.15, 0.2) is 0 Å². The molecule has 0 aromatic rings. The third kappa shape index (κ3) is 60.6. The second-order valence-electron chi connectivity index (χ2n) is 0.600. The van der Waals surface area contributed by atoms with E-state index in [0.29, 0.717) is 0 Å². The molecule has 0 spiro atoms. The summed E-state index contributed by atoms with van der Waals surface area (Å²) in [4.78, 5) is 29.3. The van der Waals surface area contributed by atoms with Crippen molar-refractivity contribution in [2.24, 2.45) is 0 Å². The summed E-state index contributed by atoms with van der Waals surface area (Å²) >= 11 is 0. The molecule has 0 aromatic carbocycles. The van der Waals surface area contributed by atoms with Gasteiger partial charge in [0.05, 0.1) is 0 Å². The number of hydrogen-bond acceptors (Lipinski definition) is 4. The van der Waals surface area contributed by atoms with Gasteiger partial charge in [-0.3, -0.25) is 0 Å². The Bertz CT molecular complexity index is 23.0. The molecule has 0 heterocycles. The summed E-state index contributed by atoms with van der Waals surface area (Å²) < 4.78 is 0. The summed E-state index contributed by atoms with van der Waals surface area (Å²) in [7, 11) is -4.61. The van der Waals surface area contributed by atoms with Gasteiger partial charge in [0.25, 0.3) is 0 Å². The van der Waals surface area contributed by atoms with Crippen LogP contribution in [0.2, 0.25) is 0 Å². The Hall–Kier alpha value is 1.25. The van der Waals surface area contributed by atoms with E-state index in [4.69, 9.17) is 19.2 Å². The van der Waals surface area contributed by atoms with E-state index in [9.17, 15) is 0 Å². The molecule has 0 atom stereocenters. The fraction of sp³-hybridized carbons (Fsp3) is 0. The van der Waals surface area contributed by atoms with E-state index in [1.54, 1.807) is 0 Å². The summed E-state index contributed by atoms with van der Waals surface area (Å²) in [5, 5.41) is 0. The van der Waals surface area contributed by atoms with E-state index in [1.807, 2.05) is 0 Å². The molecule has 0 fully saturated rings. The van der Waals surface area contributed by atoms with Crippen molar-refractivity contribution in [1.29, 1.82) is 0 Å². The van der Waals surface area contributed by atoms with E-state index >= 15 is 0 Å². The van der Waals surface area contributed by atoms with Crippen molar-refractivity contribution >= 4 is 9.05 Å². The molecule has 0 aromatic heterocycles. The van der Waals surface area contributed by atoms with Crippen molar-refractivity contribution in [1.82, 2.24) is 0 Å². The third-order valence-electron chi connectivity index (χ3n) is 0. The molecule has 0 saturated heterocycles. The number of hydrogen-bond donors (Lipinski definition) is 4. The monoisotopic (exact) mass is 235 g/mol. The van der Waals surface area contributed by atoms with Crippen LogP contribution in [-0.2, 0) is 0 Å². The molecule has 0 aliphatic carbocycles. The summed E-state index contributed by atoms with van der Waals surface area (Å²) in [6.07, 6.45) is 0. The van der Waals surface area contributed by atoms with Gasteiger partial charge in [0.15, 0.2) is 0 Å². The molecule has 1 radical (unpaired) electrons. The SMILES string of the molecule is O[Si](O)(O)O.[La]. The molecule has 0 bridgehead atoms. The summed E-state index contributed by atoms with van der Waals surface area (Å²) in [5.74, 6) is 0. The van der Waals surface area contributed by atoms with Crippen molar-refractivity contribution in [3.05, 3.63) is 0 Å². The first-order chi connectivity index (χ1) is 2.00.